The third-order valence-electron chi connectivity index (χ3n) is 1.67. The summed E-state index contributed by atoms with van der Waals surface area (Å²) in [4.78, 5) is 0. The van der Waals surface area contributed by atoms with E-state index in [1.807, 2.05) is 0 Å². The molecule has 1 heterocycles. The van der Waals surface area contributed by atoms with Crippen molar-refractivity contribution >= 4 is 48.4 Å². The zero-order valence-corrected chi connectivity index (χ0v) is 11.3. The van der Waals surface area contributed by atoms with E-state index in [1.54, 1.807) is 0 Å². The fourth-order valence-electron chi connectivity index (χ4n) is 0.956. The summed E-state index contributed by atoms with van der Waals surface area (Å²) < 4.78 is 9.36. The molecule has 0 amide bonds. The molecule has 0 aromatic rings. The average molecular weight is 294 g/mol. The molecule has 1 fully saturated rings. The van der Waals surface area contributed by atoms with Gasteiger partial charge in [0.2, 0.25) is 0 Å². The van der Waals surface area contributed by atoms with E-state index in [0.717, 1.165) is 5.25 Å². The molecule has 1 aliphatic heterocycles. The average Bonchev–Trinajstić information content (AvgIpc) is 1.83. The quantitative estimate of drug-likeness (QED) is 0.505. The van der Waals surface area contributed by atoms with Gasteiger partial charge in [0.1, 0.15) is 0 Å². The number of ether oxygens (including phenoxy) is 1. The molecule has 2 nitrogen and oxygen atoms in total. The second-order valence-corrected chi connectivity index (χ2v) is 14.7. The topological polar surface area (TPSA) is 18.5 Å². The number of rotatable bonds is 0. The van der Waals surface area contributed by atoms with Crippen LogP contribution in [0.15, 0.2) is 0 Å². The first kappa shape index (κ1) is 11.4. The van der Waals surface area contributed by atoms with E-state index < -0.39 is 23.7 Å². The van der Waals surface area contributed by atoms with Crippen molar-refractivity contribution in [3.05, 3.63) is 0 Å². The van der Waals surface area contributed by atoms with Gasteiger partial charge >= 0.3 is 90.4 Å². The van der Waals surface area contributed by atoms with Crippen LogP contribution in [0, 0.1) is 0 Å². The number of halogens is 3. The van der Waals surface area contributed by atoms with Gasteiger partial charge in [0.15, 0.2) is 0 Å². The Morgan fingerprint density at radius 2 is 1.92 bits per heavy atom. The molecule has 0 bridgehead atoms. The SMILES string of the molecule is [CH3][Ge]1([CH3])[CH2]COC(C(Cl)(Cl)Cl)[O]1. The van der Waals surface area contributed by atoms with Gasteiger partial charge in [-0.3, -0.25) is 0 Å². The van der Waals surface area contributed by atoms with Crippen molar-refractivity contribution in [2.75, 3.05) is 6.61 Å². The van der Waals surface area contributed by atoms with E-state index in [9.17, 15) is 0 Å². The monoisotopic (exact) mass is 294 g/mol. The van der Waals surface area contributed by atoms with Gasteiger partial charge in [-0.05, 0) is 0 Å². The Bertz CT molecular complexity index is 165. The maximum absolute atomic E-state index is 5.65. The molecule has 0 radical (unpaired) electrons. The first-order valence-corrected chi connectivity index (χ1v) is 11.3. The van der Waals surface area contributed by atoms with Crippen LogP contribution in [-0.4, -0.2) is 30.3 Å². The summed E-state index contributed by atoms with van der Waals surface area (Å²) in [6.45, 7) is 0.644. The number of hydrogen-bond donors (Lipinski definition) is 0. The molecule has 0 aromatic carbocycles. The molecule has 6 heteroatoms. The summed E-state index contributed by atoms with van der Waals surface area (Å²) >= 11 is 14.8. The fraction of sp³-hybridized carbons (Fsp3) is 1.00. The van der Waals surface area contributed by atoms with Crippen LogP contribution in [0.4, 0.5) is 0 Å². The van der Waals surface area contributed by atoms with Crippen LogP contribution in [-0.2, 0) is 8.50 Å². The summed E-state index contributed by atoms with van der Waals surface area (Å²) in [7, 11) is 0. The van der Waals surface area contributed by atoms with Gasteiger partial charge in [-0.1, -0.05) is 0 Å². The minimum absolute atomic E-state index is 0.644. The molecule has 0 aliphatic carbocycles. The molecule has 1 atom stereocenters. The summed E-state index contributed by atoms with van der Waals surface area (Å²) in [5.74, 6) is 4.26. The summed E-state index contributed by atoms with van der Waals surface area (Å²) in [6, 6.07) is 0. The van der Waals surface area contributed by atoms with Crippen LogP contribution in [0.5, 0.6) is 0 Å². The van der Waals surface area contributed by atoms with Crippen LogP contribution >= 0.6 is 34.8 Å². The molecule has 1 unspecified atom stereocenters. The van der Waals surface area contributed by atoms with Crippen molar-refractivity contribution in [3.63, 3.8) is 0 Å². The minimum atomic E-state index is -2.12. The Morgan fingerprint density at radius 3 is 2.25 bits per heavy atom. The van der Waals surface area contributed by atoms with Crippen molar-refractivity contribution in [2.45, 2.75) is 26.8 Å². The number of alkyl halides is 3. The standard InChI is InChI=1S/C6H11Cl3GeO2/c1-10(2)3-4-11-5(12-10)6(7,8)9/h5H,3-4H2,1-2H3. The third kappa shape index (κ3) is 3.24. The Hall–Kier alpha value is 1.33. The first-order chi connectivity index (χ1) is 5.31. The molecule has 1 aliphatic rings. The van der Waals surface area contributed by atoms with Crippen molar-refractivity contribution in [3.8, 4) is 0 Å². The molecule has 0 N–H and O–H groups in total. The zero-order valence-electron chi connectivity index (χ0n) is 6.94. The normalized spacial score (nSPS) is 30.2. The van der Waals surface area contributed by atoms with Gasteiger partial charge in [-0.15, -0.1) is 0 Å². The third-order valence-corrected chi connectivity index (χ3v) is 6.94. The van der Waals surface area contributed by atoms with Gasteiger partial charge in [-0.2, -0.15) is 0 Å². The molecule has 1 rings (SSSR count). The van der Waals surface area contributed by atoms with Crippen LogP contribution < -0.4 is 0 Å². The summed E-state index contributed by atoms with van der Waals surface area (Å²) in [5, 5.41) is 0.997. The predicted octanol–water partition coefficient (Wildman–Crippen LogP) is 2.93. The summed E-state index contributed by atoms with van der Waals surface area (Å²) in [6.07, 6.45) is -0.675. The molecule has 0 aromatic heterocycles. The van der Waals surface area contributed by atoms with Crippen LogP contribution in [0.1, 0.15) is 0 Å². The van der Waals surface area contributed by atoms with E-state index >= 15 is 0 Å². The van der Waals surface area contributed by atoms with Crippen molar-refractivity contribution in [1.29, 1.82) is 0 Å². The van der Waals surface area contributed by atoms with Crippen molar-refractivity contribution < 1.29 is 8.50 Å². The molecule has 0 spiro atoms. The van der Waals surface area contributed by atoms with Gasteiger partial charge in [0.05, 0.1) is 0 Å². The van der Waals surface area contributed by atoms with Gasteiger partial charge < -0.3 is 0 Å². The predicted molar refractivity (Wildman–Crippen MR) is 53.4 cm³/mol. The van der Waals surface area contributed by atoms with E-state index in [4.69, 9.17) is 43.3 Å². The van der Waals surface area contributed by atoms with E-state index in [2.05, 4.69) is 11.5 Å². The molecule has 72 valence electrons. The Balaban J connectivity index is 2.58. The Morgan fingerprint density at radius 1 is 1.33 bits per heavy atom. The number of hydrogen-bond acceptors (Lipinski definition) is 2. The second-order valence-electron chi connectivity index (χ2n) is 3.37. The Kier molecular flexibility index (Phi) is 3.64. The second kappa shape index (κ2) is 3.83. The fourth-order valence-corrected chi connectivity index (χ4v) is 5.00. The van der Waals surface area contributed by atoms with E-state index in [1.165, 1.54) is 0 Å². The molecular weight excluding hydrogens is 283 g/mol. The molecule has 12 heavy (non-hydrogen) atoms. The van der Waals surface area contributed by atoms with Crippen molar-refractivity contribution in [2.24, 2.45) is 0 Å². The summed E-state index contributed by atoms with van der Waals surface area (Å²) in [5.41, 5.74) is 0. The Labute approximate surface area is 90.1 Å². The van der Waals surface area contributed by atoms with Crippen LogP contribution in [0.2, 0.25) is 16.8 Å². The van der Waals surface area contributed by atoms with Crippen LogP contribution in [0.25, 0.3) is 0 Å². The van der Waals surface area contributed by atoms with E-state index in [-0.39, 0.29) is 0 Å². The molecule has 1 saturated heterocycles. The molecule has 0 saturated carbocycles. The van der Waals surface area contributed by atoms with Crippen molar-refractivity contribution in [1.82, 2.24) is 0 Å². The first-order valence-electron chi connectivity index (χ1n) is 3.67. The van der Waals surface area contributed by atoms with Gasteiger partial charge in [0.25, 0.3) is 0 Å². The maximum atomic E-state index is 5.65. The van der Waals surface area contributed by atoms with Gasteiger partial charge in [0, 0.05) is 0 Å². The van der Waals surface area contributed by atoms with Gasteiger partial charge in [-0.25, -0.2) is 0 Å². The van der Waals surface area contributed by atoms with E-state index in [0.29, 0.717) is 6.61 Å². The van der Waals surface area contributed by atoms with Crippen LogP contribution in [0.3, 0.4) is 0 Å². The molecular formula is C6H11Cl3GeO2. The zero-order chi connectivity index (χ0) is 9.41.